The normalized spacial score (nSPS) is 10.8. The van der Waals surface area contributed by atoms with E-state index in [4.69, 9.17) is 19.9 Å². The van der Waals surface area contributed by atoms with Gasteiger partial charge in [0.1, 0.15) is 5.69 Å². The van der Waals surface area contributed by atoms with Gasteiger partial charge in [0, 0.05) is 20.2 Å². The standard InChI is InChI=1S/C24H29N3O4S/c1-16-6-5-7-18(14-16)22-21(26-24(25)32-22)23(28)27(12-13-29-2)11-10-17-8-9-19(30-3)20(15-17)31-4/h5-9,14-15H,10-13H2,1-4H3,(H2,25,26). The van der Waals surface area contributed by atoms with Gasteiger partial charge in [0.25, 0.3) is 5.91 Å². The molecule has 2 aromatic carbocycles. The van der Waals surface area contributed by atoms with E-state index in [1.165, 1.54) is 11.3 Å². The van der Waals surface area contributed by atoms with Crippen LogP contribution in [0.1, 0.15) is 21.6 Å². The van der Waals surface area contributed by atoms with E-state index < -0.39 is 0 Å². The zero-order chi connectivity index (χ0) is 23.1. The maximum absolute atomic E-state index is 13.5. The van der Waals surface area contributed by atoms with Crippen LogP contribution in [0.2, 0.25) is 0 Å². The van der Waals surface area contributed by atoms with Crippen LogP contribution in [0.5, 0.6) is 11.5 Å². The molecular formula is C24H29N3O4S. The van der Waals surface area contributed by atoms with Crippen LogP contribution in [0.15, 0.2) is 42.5 Å². The van der Waals surface area contributed by atoms with Crippen LogP contribution in [0.25, 0.3) is 10.4 Å². The van der Waals surface area contributed by atoms with Gasteiger partial charge in [-0.05, 0) is 36.6 Å². The van der Waals surface area contributed by atoms with Crippen molar-refractivity contribution in [1.82, 2.24) is 9.88 Å². The number of aryl methyl sites for hydroxylation is 1. The first-order valence-electron chi connectivity index (χ1n) is 10.3. The Bertz CT molecular complexity index is 1070. The van der Waals surface area contributed by atoms with Crippen molar-refractivity contribution in [2.75, 3.05) is 46.8 Å². The molecule has 3 aromatic rings. The highest BCUT2D eigenvalue weighted by Gasteiger charge is 2.24. The van der Waals surface area contributed by atoms with E-state index in [1.54, 1.807) is 26.2 Å². The Hall–Kier alpha value is -3.10. The summed E-state index contributed by atoms with van der Waals surface area (Å²) in [5.74, 6) is 1.17. The van der Waals surface area contributed by atoms with Crippen LogP contribution in [0.3, 0.4) is 0 Å². The molecule has 0 aliphatic carbocycles. The lowest BCUT2D eigenvalue weighted by molar-refractivity contribution is 0.0693. The maximum Gasteiger partial charge on any atom is 0.274 e. The van der Waals surface area contributed by atoms with Crippen molar-refractivity contribution < 1.29 is 19.0 Å². The number of nitrogens with two attached hydrogens (primary N) is 1. The van der Waals surface area contributed by atoms with Gasteiger partial charge in [-0.15, -0.1) is 0 Å². The van der Waals surface area contributed by atoms with Gasteiger partial charge in [-0.2, -0.15) is 0 Å². The van der Waals surface area contributed by atoms with Crippen molar-refractivity contribution in [3.05, 3.63) is 59.3 Å². The van der Waals surface area contributed by atoms with Crippen LogP contribution in [0, 0.1) is 6.92 Å². The minimum Gasteiger partial charge on any atom is -0.493 e. The summed E-state index contributed by atoms with van der Waals surface area (Å²) >= 11 is 1.33. The first-order valence-corrected chi connectivity index (χ1v) is 11.1. The number of ether oxygens (including phenoxy) is 3. The Morgan fingerprint density at radius 3 is 2.53 bits per heavy atom. The monoisotopic (exact) mass is 455 g/mol. The third-order valence-electron chi connectivity index (χ3n) is 5.10. The molecule has 0 aliphatic heterocycles. The highest BCUT2D eigenvalue weighted by Crippen LogP contribution is 2.33. The zero-order valence-corrected chi connectivity index (χ0v) is 19.7. The van der Waals surface area contributed by atoms with Gasteiger partial charge in [0.05, 0.1) is 25.7 Å². The lowest BCUT2D eigenvalue weighted by Crippen LogP contribution is -2.36. The molecule has 0 fully saturated rings. The molecule has 1 heterocycles. The number of carbonyl (C=O) groups is 1. The average Bonchev–Trinajstić information content (AvgIpc) is 3.20. The smallest absolute Gasteiger partial charge is 0.274 e. The topological polar surface area (TPSA) is 86.9 Å². The first kappa shape index (κ1) is 23.6. The number of anilines is 1. The van der Waals surface area contributed by atoms with Gasteiger partial charge >= 0.3 is 0 Å². The molecule has 1 aromatic heterocycles. The second kappa shape index (κ2) is 11.0. The molecule has 0 saturated carbocycles. The molecule has 7 nitrogen and oxygen atoms in total. The summed E-state index contributed by atoms with van der Waals surface area (Å²) in [6.07, 6.45) is 0.648. The van der Waals surface area contributed by atoms with Gasteiger partial charge in [-0.3, -0.25) is 4.79 Å². The van der Waals surface area contributed by atoms with E-state index in [0.717, 1.165) is 21.6 Å². The predicted octanol–water partition coefficient (Wildman–Crippen LogP) is 4.05. The quantitative estimate of drug-likeness (QED) is 0.496. The zero-order valence-electron chi connectivity index (χ0n) is 18.9. The third-order valence-corrected chi connectivity index (χ3v) is 6.03. The molecule has 0 aliphatic rings. The number of benzene rings is 2. The van der Waals surface area contributed by atoms with Gasteiger partial charge < -0.3 is 24.8 Å². The fraction of sp³-hybridized carbons (Fsp3) is 0.333. The second-order valence-electron chi connectivity index (χ2n) is 7.32. The molecule has 0 bridgehead atoms. The van der Waals surface area contributed by atoms with E-state index in [2.05, 4.69) is 4.98 Å². The number of carbonyl (C=O) groups excluding carboxylic acids is 1. The molecular weight excluding hydrogens is 426 g/mol. The number of amides is 1. The minimum atomic E-state index is -0.160. The number of methoxy groups -OCH3 is 3. The Balaban J connectivity index is 1.84. The minimum absolute atomic E-state index is 0.160. The second-order valence-corrected chi connectivity index (χ2v) is 8.35. The molecule has 0 unspecified atom stereocenters. The van der Waals surface area contributed by atoms with Crippen LogP contribution >= 0.6 is 11.3 Å². The largest absolute Gasteiger partial charge is 0.493 e. The van der Waals surface area contributed by atoms with Gasteiger partial charge in [-0.25, -0.2) is 4.98 Å². The van der Waals surface area contributed by atoms with Crippen molar-refractivity contribution in [3.63, 3.8) is 0 Å². The van der Waals surface area contributed by atoms with Gasteiger partial charge in [0.15, 0.2) is 16.6 Å². The van der Waals surface area contributed by atoms with E-state index in [1.807, 2.05) is 49.4 Å². The molecule has 0 saturated heterocycles. The fourth-order valence-electron chi connectivity index (χ4n) is 3.43. The maximum atomic E-state index is 13.5. The van der Waals surface area contributed by atoms with Crippen LogP contribution in [0.4, 0.5) is 5.13 Å². The summed E-state index contributed by atoms with van der Waals surface area (Å²) in [6.45, 7) is 3.40. The molecule has 32 heavy (non-hydrogen) atoms. The molecule has 0 atom stereocenters. The van der Waals surface area contributed by atoms with Crippen LogP contribution < -0.4 is 15.2 Å². The van der Waals surface area contributed by atoms with E-state index in [0.29, 0.717) is 48.4 Å². The van der Waals surface area contributed by atoms with Crippen molar-refractivity contribution >= 4 is 22.4 Å². The lowest BCUT2D eigenvalue weighted by Gasteiger charge is -2.22. The molecule has 170 valence electrons. The molecule has 1 amide bonds. The van der Waals surface area contributed by atoms with Crippen molar-refractivity contribution in [1.29, 1.82) is 0 Å². The van der Waals surface area contributed by atoms with Crippen molar-refractivity contribution in [2.24, 2.45) is 0 Å². The number of thiazole rings is 1. The highest BCUT2D eigenvalue weighted by atomic mass is 32.1. The third kappa shape index (κ3) is 5.57. The van der Waals surface area contributed by atoms with Crippen LogP contribution in [-0.4, -0.2) is 56.8 Å². The molecule has 8 heteroatoms. The summed E-state index contributed by atoms with van der Waals surface area (Å²) in [5, 5.41) is 0.372. The molecule has 2 N–H and O–H groups in total. The van der Waals surface area contributed by atoms with Crippen molar-refractivity contribution in [2.45, 2.75) is 13.3 Å². The van der Waals surface area contributed by atoms with Crippen molar-refractivity contribution in [3.8, 4) is 21.9 Å². The summed E-state index contributed by atoms with van der Waals surface area (Å²) in [4.78, 5) is 20.4. The summed E-state index contributed by atoms with van der Waals surface area (Å²) < 4.78 is 15.9. The number of nitrogen functional groups attached to an aromatic ring is 1. The average molecular weight is 456 g/mol. The highest BCUT2D eigenvalue weighted by molar-refractivity contribution is 7.19. The Morgan fingerprint density at radius 1 is 1.06 bits per heavy atom. The lowest BCUT2D eigenvalue weighted by atomic mass is 10.1. The number of hydrogen-bond donors (Lipinski definition) is 1. The van der Waals surface area contributed by atoms with E-state index in [9.17, 15) is 4.79 Å². The summed E-state index contributed by atoms with van der Waals surface area (Å²) in [6, 6.07) is 13.8. The molecule has 0 spiro atoms. The Morgan fingerprint density at radius 2 is 1.84 bits per heavy atom. The SMILES string of the molecule is COCCN(CCc1ccc(OC)c(OC)c1)C(=O)c1nc(N)sc1-c1cccc(C)c1. The van der Waals surface area contributed by atoms with E-state index >= 15 is 0 Å². The summed E-state index contributed by atoms with van der Waals surface area (Å²) in [5.41, 5.74) is 9.46. The summed E-state index contributed by atoms with van der Waals surface area (Å²) in [7, 11) is 4.83. The first-order chi connectivity index (χ1) is 15.5. The van der Waals surface area contributed by atoms with Crippen LogP contribution in [-0.2, 0) is 11.2 Å². The van der Waals surface area contributed by atoms with E-state index in [-0.39, 0.29) is 5.91 Å². The van der Waals surface area contributed by atoms with Gasteiger partial charge in [0.2, 0.25) is 0 Å². The number of rotatable bonds is 10. The Labute approximate surface area is 192 Å². The Kier molecular flexibility index (Phi) is 8.08. The number of aromatic nitrogens is 1. The molecule has 3 rings (SSSR count). The van der Waals surface area contributed by atoms with Gasteiger partial charge in [-0.1, -0.05) is 47.2 Å². The number of hydrogen-bond acceptors (Lipinski definition) is 7. The number of nitrogens with zero attached hydrogens (tertiary/aromatic N) is 2. The predicted molar refractivity (Wildman–Crippen MR) is 128 cm³/mol. The molecule has 0 radical (unpaired) electrons. The fourth-order valence-corrected chi connectivity index (χ4v) is 4.25.